The minimum atomic E-state index is 0.0963. The molecule has 0 bridgehead atoms. The van der Waals surface area contributed by atoms with Gasteiger partial charge in [-0.1, -0.05) is 12.8 Å². The van der Waals surface area contributed by atoms with Crippen molar-refractivity contribution in [3.05, 3.63) is 24.3 Å². The summed E-state index contributed by atoms with van der Waals surface area (Å²) in [5, 5.41) is 2.94. The molecule has 3 N–H and O–H groups in total. The van der Waals surface area contributed by atoms with E-state index in [0.717, 1.165) is 24.2 Å². The van der Waals surface area contributed by atoms with Crippen LogP contribution in [0.5, 0.6) is 0 Å². The number of likely N-dealkylation sites (tertiary alicyclic amines) is 1. The van der Waals surface area contributed by atoms with Crippen molar-refractivity contribution >= 4 is 17.3 Å². The van der Waals surface area contributed by atoms with Gasteiger partial charge in [0.05, 0.1) is 0 Å². The molecular weight excluding hydrogens is 262 g/mol. The molecule has 1 aliphatic heterocycles. The van der Waals surface area contributed by atoms with Gasteiger partial charge in [-0.3, -0.25) is 9.69 Å². The maximum absolute atomic E-state index is 12.0. The van der Waals surface area contributed by atoms with E-state index < -0.39 is 0 Å². The van der Waals surface area contributed by atoms with Crippen molar-refractivity contribution in [1.29, 1.82) is 0 Å². The highest BCUT2D eigenvalue weighted by atomic mass is 16.1. The van der Waals surface area contributed by atoms with E-state index >= 15 is 0 Å². The molecule has 1 saturated carbocycles. The minimum Gasteiger partial charge on any atom is -0.399 e. The van der Waals surface area contributed by atoms with Crippen LogP contribution in [-0.4, -0.2) is 29.9 Å². The SMILES string of the molecule is Nc1ccc(NC(=O)CCN2CCC3CCCCC32)cc1. The van der Waals surface area contributed by atoms with Crippen LogP contribution in [0.3, 0.4) is 0 Å². The van der Waals surface area contributed by atoms with E-state index in [1.807, 2.05) is 24.3 Å². The maximum Gasteiger partial charge on any atom is 0.225 e. The average Bonchev–Trinajstić information content (AvgIpc) is 2.91. The number of nitrogens with two attached hydrogens (primary N) is 1. The van der Waals surface area contributed by atoms with E-state index in [9.17, 15) is 4.79 Å². The van der Waals surface area contributed by atoms with Crippen LogP contribution in [0.15, 0.2) is 24.3 Å². The summed E-state index contributed by atoms with van der Waals surface area (Å²) in [6.45, 7) is 2.06. The van der Waals surface area contributed by atoms with E-state index in [2.05, 4.69) is 10.2 Å². The molecule has 0 spiro atoms. The zero-order chi connectivity index (χ0) is 14.7. The topological polar surface area (TPSA) is 58.4 Å². The van der Waals surface area contributed by atoms with Crippen LogP contribution in [0.25, 0.3) is 0 Å². The summed E-state index contributed by atoms with van der Waals surface area (Å²) in [6.07, 6.45) is 7.36. The van der Waals surface area contributed by atoms with Gasteiger partial charge in [0.15, 0.2) is 0 Å². The lowest BCUT2D eigenvalue weighted by Crippen LogP contribution is -2.36. The number of fused-ring (bicyclic) bond motifs is 1. The Morgan fingerprint density at radius 3 is 2.76 bits per heavy atom. The Hall–Kier alpha value is -1.55. The number of nitrogen functional groups attached to an aromatic ring is 1. The van der Waals surface area contributed by atoms with Crippen molar-refractivity contribution in [2.45, 2.75) is 44.6 Å². The number of carbonyl (C=O) groups excluding carboxylic acids is 1. The highest BCUT2D eigenvalue weighted by molar-refractivity contribution is 5.90. The molecule has 0 radical (unpaired) electrons. The van der Waals surface area contributed by atoms with Crippen LogP contribution in [0.2, 0.25) is 0 Å². The number of hydrogen-bond acceptors (Lipinski definition) is 3. The lowest BCUT2D eigenvalue weighted by atomic mass is 9.85. The standard InChI is InChI=1S/C17H25N3O/c18-14-5-7-15(8-6-14)19-17(21)10-12-20-11-9-13-3-1-2-4-16(13)20/h5-8,13,16H,1-4,9-12,18H2,(H,19,21). The summed E-state index contributed by atoms with van der Waals surface area (Å²) in [5.74, 6) is 0.984. The highest BCUT2D eigenvalue weighted by Crippen LogP contribution is 2.35. The fourth-order valence-corrected chi connectivity index (χ4v) is 3.82. The Morgan fingerprint density at radius 1 is 1.19 bits per heavy atom. The van der Waals surface area contributed by atoms with Crippen molar-refractivity contribution in [2.24, 2.45) is 5.92 Å². The molecule has 4 heteroatoms. The lowest BCUT2D eigenvalue weighted by Gasteiger charge is -2.31. The molecular formula is C17H25N3O. The van der Waals surface area contributed by atoms with Gasteiger partial charge in [0.2, 0.25) is 5.91 Å². The van der Waals surface area contributed by atoms with Crippen molar-refractivity contribution in [1.82, 2.24) is 4.90 Å². The van der Waals surface area contributed by atoms with E-state index in [4.69, 9.17) is 5.73 Å². The minimum absolute atomic E-state index is 0.0963. The average molecular weight is 287 g/mol. The molecule has 1 saturated heterocycles. The summed E-state index contributed by atoms with van der Waals surface area (Å²) in [6, 6.07) is 8.05. The van der Waals surface area contributed by atoms with Gasteiger partial charge in [-0.25, -0.2) is 0 Å². The third kappa shape index (κ3) is 3.56. The molecule has 2 aliphatic rings. The summed E-state index contributed by atoms with van der Waals surface area (Å²) in [5.41, 5.74) is 7.18. The second-order valence-electron chi connectivity index (χ2n) is 6.36. The van der Waals surface area contributed by atoms with Crippen molar-refractivity contribution in [2.75, 3.05) is 24.1 Å². The predicted octanol–water partition coefficient (Wildman–Crippen LogP) is 2.86. The number of benzene rings is 1. The maximum atomic E-state index is 12.0. The molecule has 2 unspecified atom stereocenters. The highest BCUT2D eigenvalue weighted by Gasteiger charge is 2.35. The number of nitrogens with one attached hydrogen (secondary N) is 1. The van der Waals surface area contributed by atoms with Gasteiger partial charge in [0.1, 0.15) is 0 Å². The van der Waals surface area contributed by atoms with Gasteiger partial charge in [-0.05, 0) is 56.0 Å². The Bertz CT molecular complexity index is 485. The molecule has 2 fully saturated rings. The Labute approximate surface area is 126 Å². The van der Waals surface area contributed by atoms with Crippen LogP contribution in [0.1, 0.15) is 38.5 Å². The predicted molar refractivity (Wildman–Crippen MR) is 86.0 cm³/mol. The zero-order valence-electron chi connectivity index (χ0n) is 12.6. The third-order valence-corrected chi connectivity index (χ3v) is 4.95. The zero-order valence-corrected chi connectivity index (χ0v) is 12.6. The first-order valence-electron chi connectivity index (χ1n) is 8.12. The fraction of sp³-hybridized carbons (Fsp3) is 0.588. The van der Waals surface area contributed by atoms with E-state index in [1.54, 1.807) is 0 Å². The van der Waals surface area contributed by atoms with Gasteiger partial charge in [0.25, 0.3) is 0 Å². The molecule has 4 nitrogen and oxygen atoms in total. The number of anilines is 2. The monoisotopic (exact) mass is 287 g/mol. The smallest absolute Gasteiger partial charge is 0.225 e. The number of rotatable bonds is 4. The second-order valence-corrected chi connectivity index (χ2v) is 6.36. The molecule has 1 aromatic rings. The Balaban J connectivity index is 1.46. The van der Waals surface area contributed by atoms with Crippen LogP contribution >= 0.6 is 0 Å². The van der Waals surface area contributed by atoms with Crippen LogP contribution in [0.4, 0.5) is 11.4 Å². The third-order valence-electron chi connectivity index (χ3n) is 4.95. The van der Waals surface area contributed by atoms with Crippen molar-refractivity contribution in [3.8, 4) is 0 Å². The van der Waals surface area contributed by atoms with E-state index in [-0.39, 0.29) is 5.91 Å². The second kappa shape index (κ2) is 6.48. The molecule has 114 valence electrons. The quantitative estimate of drug-likeness (QED) is 0.837. The van der Waals surface area contributed by atoms with Gasteiger partial charge in [-0.2, -0.15) is 0 Å². The Morgan fingerprint density at radius 2 is 1.95 bits per heavy atom. The normalized spacial score (nSPS) is 25.5. The number of amides is 1. The molecule has 2 atom stereocenters. The number of hydrogen-bond donors (Lipinski definition) is 2. The van der Waals surface area contributed by atoms with Crippen LogP contribution in [-0.2, 0) is 4.79 Å². The summed E-state index contributed by atoms with van der Waals surface area (Å²) in [4.78, 5) is 14.6. The summed E-state index contributed by atoms with van der Waals surface area (Å²) >= 11 is 0. The van der Waals surface area contributed by atoms with Crippen molar-refractivity contribution in [3.63, 3.8) is 0 Å². The van der Waals surface area contributed by atoms with Gasteiger partial charge >= 0.3 is 0 Å². The van der Waals surface area contributed by atoms with Gasteiger partial charge in [-0.15, -0.1) is 0 Å². The first-order chi connectivity index (χ1) is 10.2. The lowest BCUT2D eigenvalue weighted by molar-refractivity contribution is -0.116. The summed E-state index contributed by atoms with van der Waals surface area (Å²) in [7, 11) is 0. The summed E-state index contributed by atoms with van der Waals surface area (Å²) < 4.78 is 0. The van der Waals surface area contributed by atoms with E-state index in [1.165, 1.54) is 38.6 Å². The van der Waals surface area contributed by atoms with Gasteiger partial charge < -0.3 is 11.1 Å². The van der Waals surface area contributed by atoms with Crippen molar-refractivity contribution < 1.29 is 4.79 Å². The first kappa shape index (κ1) is 14.4. The molecule has 21 heavy (non-hydrogen) atoms. The fourth-order valence-electron chi connectivity index (χ4n) is 3.82. The van der Waals surface area contributed by atoms with Crippen LogP contribution in [0, 0.1) is 5.92 Å². The van der Waals surface area contributed by atoms with Gasteiger partial charge in [0, 0.05) is 30.4 Å². The number of carbonyl (C=O) groups is 1. The molecule has 0 aromatic heterocycles. The van der Waals surface area contributed by atoms with E-state index in [0.29, 0.717) is 12.1 Å². The number of nitrogens with zero attached hydrogens (tertiary/aromatic N) is 1. The molecule has 3 rings (SSSR count). The molecule has 1 heterocycles. The molecule has 1 aromatic carbocycles. The first-order valence-corrected chi connectivity index (χ1v) is 8.12. The largest absolute Gasteiger partial charge is 0.399 e. The Kier molecular flexibility index (Phi) is 4.44. The molecule has 1 aliphatic carbocycles. The van der Waals surface area contributed by atoms with Crippen LogP contribution < -0.4 is 11.1 Å². The molecule has 1 amide bonds.